The first-order valence-electron chi connectivity index (χ1n) is 16.8. The van der Waals surface area contributed by atoms with Crippen LogP contribution in [0.15, 0.2) is 72.5 Å². The van der Waals surface area contributed by atoms with Gasteiger partial charge in [-0.05, 0) is 41.9 Å². The maximum atomic E-state index is 14.0. The standard InChI is InChI=1S/C28H19F3N3.C13H24O2.Ir/c1-27(2,3)23-14-18(12-16-8-5-7-11-20(16)23)25-21-13-17-9-4-6-10-19(17)22(15-32)24(21)26(34-33-25)28(29,30)31;1-5-10(6-2)12(14)9-13(15)11(7-3)8-4;/h4-11,13-14H,1-3H3;9-11,14H,5-8H2,1-4H3;/q-1;;/b;12-9-;. The molecule has 0 saturated heterocycles. The predicted octanol–water partition coefficient (Wildman–Crippen LogP) is 11.5. The Kier molecular flexibility index (Phi) is 13.5. The van der Waals surface area contributed by atoms with E-state index in [-0.39, 0.29) is 70.9 Å². The number of hydrogen-bond acceptors (Lipinski definition) is 5. The first kappa shape index (κ1) is 40.3. The fourth-order valence-corrected chi connectivity index (χ4v) is 6.26. The molecule has 0 saturated carbocycles. The quantitative estimate of drug-likeness (QED) is 0.0727. The zero-order valence-corrected chi connectivity index (χ0v) is 31.9. The van der Waals surface area contributed by atoms with E-state index in [9.17, 15) is 28.3 Å². The van der Waals surface area contributed by atoms with Gasteiger partial charge < -0.3 is 5.11 Å². The summed E-state index contributed by atoms with van der Waals surface area (Å²) in [6.45, 7) is 14.3. The second kappa shape index (κ2) is 16.7. The van der Waals surface area contributed by atoms with E-state index in [0.29, 0.717) is 16.3 Å². The number of aromatic nitrogens is 2. The van der Waals surface area contributed by atoms with Gasteiger partial charge >= 0.3 is 6.18 Å². The number of nitrogens with zero attached hydrogens (tertiary/aromatic N) is 3. The number of alkyl halides is 3. The zero-order chi connectivity index (χ0) is 36.1. The van der Waals surface area contributed by atoms with Gasteiger partial charge in [-0.15, -0.1) is 29.1 Å². The van der Waals surface area contributed by atoms with Crippen LogP contribution in [0.5, 0.6) is 0 Å². The Balaban J connectivity index is 0.000000361. The van der Waals surface area contributed by atoms with E-state index in [2.05, 4.69) is 37.0 Å². The Labute approximate surface area is 306 Å². The van der Waals surface area contributed by atoms with Gasteiger partial charge in [-0.2, -0.15) is 28.6 Å². The molecule has 9 heteroatoms. The van der Waals surface area contributed by atoms with Gasteiger partial charge in [0, 0.05) is 54.5 Å². The number of nitriles is 1. The van der Waals surface area contributed by atoms with Crippen molar-refractivity contribution in [1.29, 1.82) is 5.26 Å². The molecule has 0 spiro atoms. The smallest absolute Gasteiger partial charge is 0.435 e. The van der Waals surface area contributed by atoms with Crippen LogP contribution in [0.25, 0.3) is 43.6 Å². The van der Waals surface area contributed by atoms with Gasteiger partial charge in [0.1, 0.15) is 6.07 Å². The third kappa shape index (κ3) is 8.60. The maximum absolute atomic E-state index is 14.0. The van der Waals surface area contributed by atoms with Crippen LogP contribution in [0, 0.1) is 29.2 Å². The normalized spacial score (nSPS) is 12.2. The maximum Gasteiger partial charge on any atom is 0.435 e. The van der Waals surface area contributed by atoms with Crippen molar-refractivity contribution in [3.8, 4) is 17.3 Å². The summed E-state index contributed by atoms with van der Waals surface area (Å²) in [7, 11) is 0. The predicted molar refractivity (Wildman–Crippen MR) is 191 cm³/mol. The molecule has 0 aliphatic rings. The summed E-state index contributed by atoms with van der Waals surface area (Å²) < 4.78 is 41.9. The van der Waals surface area contributed by atoms with Gasteiger partial charge in [-0.1, -0.05) is 108 Å². The van der Waals surface area contributed by atoms with Crippen molar-refractivity contribution in [2.45, 2.75) is 85.7 Å². The van der Waals surface area contributed by atoms with E-state index < -0.39 is 11.9 Å². The number of halogens is 3. The molecule has 1 heterocycles. The molecule has 5 rings (SSSR count). The van der Waals surface area contributed by atoms with E-state index in [4.69, 9.17) is 0 Å². The SMILES string of the molecule is CC(C)(C)c1cc(-c2nnc(C(F)(F)F)c3c(C#N)c4ccccc4cc23)[c-]c2ccccc12.CCC(CC)C(=O)/C=C(\O)C(CC)CC.[Ir]. The van der Waals surface area contributed by atoms with Crippen molar-refractivity contribution in [2.24, 2.45) is 11.8 Å². The van der Waals surface area contributed by atoms with Crippen molar-refractivity contribution >= 4 is 38.1 Å². The van der Waals surface area contributed by atoms with Crippen molar-refractivity contribution in [3.63, 3.8) is 0 Å². The topological polar surface area (TPSA) is 86.9 Å². The second-order valence-corrected chi connectivity index (χ2v) is 13.3. The molecular weight excluding hydrogens is 816 g/mol. The fraction of sp³-hybridized carbons (Fsp3) is 0.366. The summed E-state index contributed by atoms with van der Waals surface area (Å²) in [6.07, 6.45) is 0.144. The summed E-state index contributed by atoms with van der Waals surface area (Å²) in [5, 5.41) is 30.2. The summed E-state index contributed by atoms with van der Waals surface area (Å²) >= 11 is 0. The van der Waals surface area contributed by atoms with E-state index >= 15 is 0 Å². The minimum absolute atomic E-state index is 0. The first-order valence-corrected chi connectivity index (χ1v) is 16.8. The number of ketones is 1. The Hall–Kier alpha value is -4.12. The summed E-state index contributed by atoms with van der Waals surface area (Å²) in [6, 6.07) is 23.6. The molecule has 265 valence electrons. The minimum Gasteiger partial charge on any atom is -0.512 e. The molecule has 1 radical (unpaired) electrons. The number of fused-ring (bicyclic) bond motifs is 3. The van der Waals surface area contributed by atoms with Crippen molar-refractivity contribution in [2.75, 3.05) is 0 Å². The summed E-state index contributed by atoms with van der Waals surface area (Å²) in [4.78, 5) is 11.7. The Bertz CT molecular complexity index is 2050. The average Bonchev–Trinajstić information content (AvgIpc) is 3.06. The van der Waals surface area contributed by atoms with Crippen LogP contribution >= 0.6 is 0 Å². The number of allylic oxidation sites excluding steroid dienone is 2. The molecule has 0 aliphatic carbocycles. The molecule has 4 aromatic carbocycles. The summed E-state index contributed by atoms with van der Waals surface area (Å²) in [5.41, 5.74) is 0.366. The van der Waals surface area contributed by atoms with Crippen molar-refractivity contribution in [1.82, 2.24) is 10.2 Å². The molecular formula is C41H43F3IrN3O2-. The number of aliphatic hydroxyl groups excluding tert-OH is 1. The minimum atomic E-state index is -4.76. The molecule has 0 atom stereocenters. The number of rotatable bonds is 8. The largest absolute Gasteiger partial charge is 0.512 e. The molecule has 0 unspecified atom stereocenters. The van der Waals surface area contributed by atoms with E-state index in [1.807, 2.05) is 64.1 Å². The number of benzene rings is 4. The van der Waals surface area contributed by atoms with Crippen molar-refractivity contribution in [3.05, 3.63) is 95.4 Å². The van der Waals surface area contributed by atoms with E-state index in [1.54, 1.807) is 30.3 Å². The molecule has 1 N–H and O–H groups in total. The third-order valence-corrected chi connectivity index (χ3v) is 9.09. The molecule has 1 aromatic heterocycles. The van der Waals surface area contributed by atoms with Gasteiger partial charge in [0.2, 0.25) is 0 Å². The monoisotopic (exact) mass is 859 g/mol. The molecule has 5 aromatic rings. The van der Waals surface area contributed by atoms with E-state index in [1.165, 1.54) is 6.08 Å². The van der Waals surface area contributed by atoms with Crippen LogP contribution in [0.3, 0.4) is 0 Å². The van der Waals surface area contributed by atoms with Gasteiger partial charge in [0.05, 0.1) is 11.3 Å². The van der Waals surface area contributed by atoms with Gasteiger partial charge in [-0.3, -0.25) is 4.79 Å². The van der Waals surface area contributed by atoms with Crippen LogP contribution in [0.1, 0.15) is 91.0 Å². The molecule has 0 bridgehead atoms. The Morgan fingerprint density at radius 3 is 2.02 bits per heavy atom. The number of carbonyl (C=O) groups excluding carboxylic acids is 1. The average molecular weight is 859 g/mol. The Morgan fingerprint density at radius 2 is 1.46 bits per heavy atom. The molecule has 0 fully saturated rings. The third-order valence-electron chi connectivity index (χ3n) is 9.09. The molecule has 5 nitrogen and oxygen atoms in total. The van der Waals surface area contributed by atoms with E-state index in [0.717, 1.165) is 42.0 Å². The van der Waals surface area contributed by atoms with Crippen molar-refractivity contribution < 1.29 is 43.2 Å². The van der Waals surface area contributed by atoms with Crippen LogP contribution in [-0.2, 0) is 36.5 Å². The molecule has 0 amide bonds. The number of hydrogen-bond donors (Lipinski definition) is 1. The second-order valence-electron chi connectivity index (χ2n) is 13.3. The molecule has 50 heavy (non-hydrogen) atoms. The van der Waals surface area contributed by atoms with Gasteiger partial charge in [0.25, 0.3) is 0 Å². The zero-order valence-electron chi connectivity index (χ0n) is 29.5. The van der Waals surface area contributed by atoms with Gasteiger partial charge in [0.15, 0.2) is 11.5 Å². The summed E-state index contributed by atoms with van der Waals surface area (Å²) in [5.74, 6) is 0.547. The van der Waals surface area contributed by atoms with Gasteiger partial charge in [-0.25, -0.2) is 0 Å². The Morgan fingerprint density at radius 1 is 0.880 bits per heavy atom. The fourth-order valence-electron chi connectivity index (χ4n) is 6.26. The number of carbonyl (C=O) groups is 1. The molecule has 0 aliphatic heterocycles. The van der Waals surface area contributed by atoms with Crippen LogP contribution in [0.4, 0.5) is 13.2 Å². The van der Waals surface area contributed by atoms with Crippen LogP contribution in [-0.4, -0.2) is 21.1 Å². The van der Waals surface area contributed by atoms with Crippen LogP contribution in [0.2, 0.25) is 0 Å². The van der Waals surface area contributed by atoms with Crippen LogP contribution < -0.4 is 0 Å². The first-order chi connectivity index (χ1) is 23.2. The number of aliphatic hydroxyl groups is 1.